The maximum absolute atomic E-state index is 14.1. The van der Waals surface area contributed by atoms with Crippen LogP contribution in [-0.2, 0) is 0 Å². The van der Waals surface area contributed by atoms with Crippen LogP contribution in [0.1, 0.15) is 35.7 Å². The van der Waals surface area contributed by atoms with Crippen molar-refractivity contribution in [2.75, 3.05) is 13.6 Å². The highest BCUT2D eigenvalue weighted by atomic mass is 19.1. The minimum Gasteiger partial charge on any atom is -0.444 e. The number of nitrogens with zero attached hydrogens (tertiary/aromatic N) is 2. The van der Waals surface area contributed by atoms with Gasteiger partial charge in [-0.3, -0.25) is 4.79 Å². The quantitative estimate of drug-likeness (QED) is 0.674. The Hall–Kier alpha value is -2.50. The van der Waals surface area contributed by atoms with Crippen molar-refractivity contribution >= 4 is 12.4 Å². The molecule has 1 aromatic heterocycles. The van der Waals surface area contributed by atoms with Crippen LogP contribution in [0.4, 0.5) is 8.78 Å². The third-order valence-corrected chi connectivity index (χ3v) is 3.56. The number of oxazole rings is 1. The van der Waals surface area contributed by atoms with E-state index in [2.05, 4.69) is 4.98 Å². The summed E-state index contributed by atoms with van der Waals surface area (Å²) in [7, 11) is 1.75. The maximum atomic E-state index is 14.1. The van der Waals surface area contributed by atoms with Gasteiger partial charge in [-0.1, -0.05) is 13.3 Å². The second-order valence-corrected chi connectivity index (χ2v) is 5.56. The molecule has 0 aliphatic heterocycles. The van der Waals surface area contributed by atoms with Crippen LogP contribution in [0, 0.1) is 5.82 Å². The van der Waals surface area contributed by atoms with E-state index in [0.29, 0.717) is 18.3 Å². The molecule has 2 aromatic rings. The van der Waals surface area contributed by atoms with E-state index in [4.69, 9.17) is 4.42 Å². The van der Waals surface area contributed by atoms with Crippen molar-refractivity contribution in [3.8, 4) is 11.5 Å². The summed E-state index contributed by atoms with van der Waals surface area (Å²) in [6, 6.07) is 2.63. The smallest absolute Gasteiger partial charge is 0.228 e. The van der Waals surface area contributed by atoms with Gasteiger partial charge >= 0.3 is 0 Å². The molecule has 0 saturated heterocycles. The third kappa shape index (κ3) is 4.50. The van der Waals surface area contributed by atoms with Crippen LogP contribution >= 0.6 is 0 Å². The number of hydrogen-bond donors (Lipinski definition) is 0. The Kier molecular flexibility index (Phi) is 6.23. The predicted molar refractivity (Wildman–Crippen MR) is 88.8 cm³/mol. The van der Waals surface area contributed by atoms with Crippen LogP contribution in [0.2, 0.25) is 0 Å². The highest BCUT2D eigenvalue weighted by Gasteiger charge is 2.13. The zero-order valence-corrected chi connectivity index (χ0v) is 13.7. The molecule has 0 fully saturated rings. The zero-order valence-electron chi connectivity index (χ0n) is 13.7. The molecule has 24 heavy (non-hydrogen) atoms. The number of carbonyl (C=O) groups excluding carboxylic acids is 1. The molecule has 6 heteroatoms. The van der Waals surface area contributed by atoms with Crippen LogP contribution < -0.4 is 0 Å². The van der Waals surface area contributed by atoms with Crippen LogP contribution in [-0.4, -0.2) is 35.9 Å². The Bertz CT molecular complexity index is 699. The number of carbonyl (C=O) groups is 1. The summed E-state index contributed by atoms with van der Waals surface area (Å²) in [6.07, 6.45) is 7.04. The number of aldehydes is 1. The van der Waals surface area contributed by atoms with Crippen molar-refractivity contribution in [2.24, 2.45) is 0 Å². The topological polar surface area (TPSA) is 46.3 Å². The summed E-state index contributed by atoms with van der Waals surface area (Å²) in [4.78, 5) is 16.8. The van der Waals surface area contributed by atoms with Gasteiger partial charge < -0.3 is 9.32 Å². The van der Waals surface area contributed by atoms with Gasteiger partial charge in [0.05, 0.1) is 11.8 Å². The summed E-state index contributed by atoms with van der Waals surface area (Å²) in [5.41, 5.74) is 0.886. The van der Waals surface area contributed by atoms with Crippen molar-refractivity contribution in [2.45, 2.75) is 25.9 Å². The summed E-state index contributed by atoms with van der Waals surface area (Å²) < 4.78 is 32.8. The Morgan fingerprint density at radius 2 is 2.17 bits per heavy atom. The molecule has 0 aliphatic rings. The Morgan fingerprint density at radius 3 is 2.79 bits per heavy atom. The van der Waals surface area contributed by atoms with Crippen molar-refractivity contribution < 1.29 is 18.0 Å². The molecule has 128 valence electrons. The van der Waals surface area contributed by atoms with Gasteiger partial charge in [-0.15, -0.1) is 0 Å². The van der Waals surface area contributed by atoms with Crippen LogP contribution in [0.5, 0.6) is 0 Å². The minimum absolute atomic E-state index is 0.139. The number of alkyl halides is 1. The standard InChI is InChI=1S/C18H20F2N2O2/c1-3-4-15(19)11-22(2)7-5-13-9-16(18-21-6-8-24-18)17(20)10-14(13)12-23/h5-10,12,15H,3-4,11H2,1-2H3/b7-5-. The van der Waals surface area contributed by atoms with Crippen LogP contribution in [0.15, 0.2) is 35.2 Å². The van der Waals surface area contributed by atoms with Crippen LogP contribution in [0.25, 0.3) is 17.5 Å². The highest BCUT2D eigenvalue weighted by molar-refractivity contribution is 5.83. The van der Waals surface area contributed by atoms with Crippen molar-refractivity contribution in [3.63, 3.8) is 0 Å². The molecule has 0 spiro atoms. The number of benzene rings is 1. The lowest BCUT2D eigenvalue weighted by molar-refractivity contribution is 0.112. The molecule has 0 bridgehead atoms. The van der Waals surface area contributed by atoms with E-state index < -0.39 is 12.0 Å². The van der Waals surface area contributed by atoms with E-state index in [1.54, 1.807) is 24.2 Å². The molecule has 1 heterocycles. The van der Waals surface area contributed by atoms with Gasteiger partial charge in [-0.25, -0.2) is 13.8 Å². The van der Waals surface area contributed by atoms with Gasteiger partial charge in [0.2, 0.25) is 5.89 Å². The first-order chi connectivity index (χ1) is 11.5. The van der Waals surface area contributed by atoms with Gasteiger partial charge in [-0.2, -0.15) is 0 Å². The molecule has 0 aliphatic carbocycles. The molecule has 2 rings (SSSR count). The number of rotatable bonds is 8. The fraction of sp³-hybridized carbons (Fsp3) is 0.333. The zero-order chi connectivity index (χ0) is 17.5. The Labute approximate surface area is 139 Å². The first-order valence-electron chi connectivity index (χ1n) is 7.76. The van der Waals surface area contributed by atoms with Gasteiger partial charge in [0, 0.05) is 19.2 Å². The largest absolute Gasteiger partial charge is 0.444 e. The van der Waals surface area contributed by atoms with E-state index in [1.807, 2.05) is 6.92 Å². The molecule has 1 atom stereocenters. The first kappa shape index (κ1) is 17.8. The van der Waals surface area contributed by atoms with E-state index >= 15 is 0 Å². The average molecular weight is 334 g/mol. The second kappa shape index (κ2) is 8.38. The molecule has 1 unspecified atom stereocenters. The molecular weight excluding hydrogens is 314 g/mol. The lowest BCUT2D eigenvalue weighted by atomic mass is 10.0. The van der Waals surface area contributed by atoms with Gasteiger partial charge in [0.15, 0.2) is 6.29 Å². The second-order valence-electron chi connectivity index (χ2n) is 5.56. The van der Waals surface area contributed by atoms with E-state index in [9.17, 15) is 13.6 Å². The summed E-state index contributed by atoms with van der Waals surface area (Å²) >= 11 is 0. The highest BCUT2D eigenvalue weighted by Crippen LogP contribution is 2.25. The molecule has 0 radical (unpaired) electrons. The van der Waals surface area contributed by atoms with Crippen molar-refractivity contribution in [3.05, 3.63) is 47.7 Å². The lowest BCUT2D eigenvalue weighted by Crippen LogP contribution is -2.21. The Morgan fingerprint density at radius 1 is 1.38 bits per heavy atom. The average Bonchev–Trinajstić information content (AvgIpc) is 3.07. The monoisotopic (exact) mass is 334 g/mol. The molecular formula is C18H20F2N2O2. The van der Waals surface area contributed by atoms with Gasteiger partial charge in [-0.05, 0) is 36.4 Å². The summed E-state index contributed by atoms with van der Waals surface area (Å²) in [5.74, 6) is -0.448. The number of hydrogen-bond acceptors (Lipinski definition) is 4. The lowest BCUT2D eigenvalue weighted by Gasteiger charge is -2.16. The number of aromatic nitrogens is 1. The fourth-order valence-electron chi connectivity index (χ4n) is 2.36. The maximum Gasteiger partial charge on any atom is 0.228 e. The van der Waals surface area contributed by atoms with Gasteiger partial charge in [0.25, 0.3) is 0 Å². The normalized spacial score (nSPS) is 12.5. The summed E-state index contributed by atoms with van der Waals surface area (Å²) in [5, 5.41) is 0. The van der Waals surface area contributed by atoms with E-state index in [0.717, 1.165) is 12.5 Å². The minimum atomic E-state index is -0.911. The molecule has 0 saturated carbocycles. The molecule has 0 amide bonds. The summed E-state index contributed by atoms with van der Waals surface area (Å²) in [6.45, 7) is 2.19. The molecule has 4 nitrogen and oxygen atoms in total. The molecule has 1 aromatic carbocycles. The van der Waals surface area contributed by atoms with E-state index in [-0.39, 0.29) is 23.6 Å². The third-order valence-electron chi connectivity index (χ3n) is 3.56. The van der Waals surface area contributed by atoms with Crippen molar-refractivity contribution in [1.29, 1.82) is 0 Å². The van der Waals surface area contributed by atoms with Crippen molar-refractivity contribution in [1.82, 2.24) is 9.88 Å². The van der Waals surface area contributed by atoms with E-state index in [1.165, 1.54) is 18.5 Å². The molecule has 0 N–H and O–H groups in total. The first-order valence-corrected chi connectivity index (χ1v) is 7.76. The number of halogens is 2. The van der Waals surface area contributed by atoms with Gasteiger partial charge in [0.1, 0.15) is 18.3 Å². The van der Waals surface area contributed by atoms with Crippen LogP contribution in [0.3, 0.4) is 0 Å². The fourth-order valence-corrected chi connectivity index (χ4v) is 2.36. The SMILES string of the molecule is CCCC(F)CN(C)/C=C\c1cc(-c2ncco2)c(F)cc1C=O. The predicted octanol–water partition coefficient (Wildman–Crippen LogP) is 4.33. The Balaban J connectivity index is 2.23.